The summed E-state index contributed by atoms with van der Waals surface area (Å²) in [5.41, 5.74) is 6.68. The first-order valence-electron chi connectivity index (χ1n) is 10.6. The Morgan fingerprint density at radius 3 is 2.35 bits per heavy atom. The summed E-state index contributed by atoms with van der Waals surface area (Å²) >= 11 is 0. The van der Waals surface area contributed by atoms with E-state index < -0.39 is 0 Å². The van der Waals surface area contributed by atoms with E-state index >= 15 is 0 Å². The highest BCUT2D eigenvalue weighted by atomic mass is 19.1. The van der Waals surface area contributed by atoms with Crippen molar-refractivity contribution >= 4 is 17.1 Å². The predicted molar refractivity (Wildman–Crippen MR) is 125 cm³/mol. The number of likely N-dealkylation sites (N-methyl/N-ethyl adjacent to an activating group) is 1. The van der Waals surface area contributed by atoms with Gasteiger partial charge in [0.25, 0.3) is 0 Å². The summed E-state index contributed by atoms with van der Waals surface area (Å²) in [6, 6.07) is 11.0. The van der Waals surface area contributed by atoms with Crippen molar-refractivity contribution in [3.05, 3.63) is 65.7 Å². The Morgan fingerprint density at radius 1 is 0.968 bits per heavy atom. The van der Waals surface area contributed by atoms with Gasteiger partial charge in [0.1, 0.15) is 11.6 Å². The molecule has 2 aromatic carbocycles. The number of methoxy groups -OCH3 is 1. The molecule has 1 aliphatic heterocycles. The minimum absolute atomic E-state index is 0.332. The summed E-state index contributed by atoms with van der Waals surface area (Å²) in [7, 11) is 3.71. The molecule has 31 heavy (non-hydrogen) atoms. The van der Waals surface area contributed by atoms with E-state index in [1.807, 2.05) is 6.07 Å². The molecule has 0 unspecified atom stereocenters. The smallest absolute Gasteiger partial charge is 0.134 e. The molecule has 1 saturated heterocycles. The summed E-state index contributed by atoms with van der Waals surface area (Å²) < 4.78 is 19.8. The van der Waals surface area contributed by atoms with Gasteiger partial charge < -0.3 is 19.9 Å². The zero-order chi connectivity index (χ0) is 22.0. The Labute approximate surface area is 183 Å². The molecule has 2 heterocycles. The molecule has 5 nitrogen and oxygen atoms in total. The number of anilines is 3. The first-order chi connectivity index (χ1) is 15.0. The number of hydrogen-bond donors (Lipinski definition) is 1. The van der Waals surface area contributed by atoms with E-state index in [2.05, 4.69) is 53.1 Å². The monoisotopic (exact) mass is 420 g/mol. The summed E-state index contributed by atoms with van der Waals surface area (Å²) in [5.74, 6) is 0.156. The second-order valence-corrected chi connectivity index (χ2v) is 8.15. The van der Waals surface area contributed by atoms with Gasteiger partial charge in [-0.15, -0.1) is 0 Å². The molecule has 0 bridgehead atoms. The van der Waals surface area contributed by atoms with Gasteiger partial charge in [-0.1, -0.05) is 6.07 Å². The van der Waals surface area contributed by atoms with Crippen LogP contribution in [-0.2, 0) is 0 Å². The second kappa shape index (κ2) is 8.94. The largest absolute Gasteiger partial charge is 0.496 e. The number of aryl methyl sites for hydroxylation is 2. The molecule has 0 radical (unpaired) electrons. The van der Waals surface area contributed by atoms with Crippen LogP contribution in [0.25, 0.3) is 11.1 Å². The topological polar surface area (TPSA) is 40.6 Å². The zero-order valence-electron chi connectivity index (χ0n) is 18.6. The number of nitrogens with zero attached hydrogens (tertiary/aromatic N) is 3. The van der Waals surface area contributed by atoms with Gasteiger partial charge in [0.15, 0.2) is 0 Å². The highest BCUT2D eigenvalue weighted by molar-refractivity contribution is 5.75. The predicted octanol–water partition coefficient (Wildman–Crippen LogP) is 5.01. The van der Waals surface area contributed by atoms with Crippen LogP contribution in [0, 0.1) is 19.7 Å². The van der Waals surface area contributed by atoms with Gasteiger partial charge in [0.05, 0.1) is 24.6 Å². The third-order valence-corrected chi connectivity index (χ3v) is 5.82. The molecule has 1 N–H and O–H groups in total. The van der Waals surface area contributed by atoms with Crippen molar-refractivity contribution in [3.8, 4) is 16.9 Å². The number of nitrogens with one attached hydrogen (secondary N) is 1. The molecule has 0 atom stereocenters. The Balaban J connectivity index is 1.60. The molecule has 1 aromatic heterocycles. The maximum Gasteiger partial charge on any atom is 0.134 e. The van der Waals surface area contributed by atoms with Crippen LogP contribution >= 0.6 is 0 Å². The van der Waals surface area contributed by atoms with E-state index in [0.29, 0.717) is 16.9 Å². The van der Waals surface area contributed by atoms with E-state index in [-0.39, 0.29) is 5.82 Å². The van der Waals surface area contributed by atoms with Crippen LogP contribution in [0.15, 0.2) is 48.8 Å². The highest BCUT2D eigenvalue weighted by Gasteiger charge is 2.18. The van der Waals surface area contributed by atoms with Crippen LogP contribution in [-0.4, -0.2) is 50.2 Å². The number of piperazine rings is 1. The molecule has 162 valence electrons. The lowest BCUT2D eigenvalue weighted by atomic mass is 10.0. The van der Waals surface area contributed by atoms with Gasteiger partial charge in [-0.3, -0.25) is 4.98 Å². The molecule has 4 rings (SSSR count). The van der Waals surface area contributed by atoms with Gasteiger partial charge in [0.2, 0.25) is 0 Å². The molecule has 1 fully saturated rings. The van der Waals surface area contributed by atoms with Crippen LogP contribution in [0.3, 0.4) is 0 Å². The average Bonchev–Trinajstić information content (AvgIpc) is 2.74. The lowest BCUT2D eigenvalue weighted by Gasteiger charge is -2.36. The van der Waals surface area contributed by atoms with Gasteiger partial charge >= 0.3 is 0 Å². The zero-order valence-corrected chi connectivity index (χ0v) is 18.6. The van der Waals surface area contributed by atoms with Crippen LogP contribution < -0.4 is 15.0 Å². The Bertz CT molecular complexity index is 1050. The number of ether oxygens (including phenoxy) is 1. The second-order valence-electron chi connectivity index (χ2n) is 8.15. The van der Waals surface area contributed by atoms with Crippen LogP contribution in [0.5, 0.6) is 5.75 Å². The molecule has 6 heteroatoms. The number of pyridine rings is 1. The SMILES string of the molecule is COc1cccc(F)c1-c1cncc(Nc2cc(C)c(N3CCN(C)CC3)c(C)c2)c1. The molecule has 0 saturated carbocycles. The van der Waals surface area contributed by atoms with E-state index in [4.69, 9.17) is 4.74 Å². The summed E-state index contributed by atoms with van der Waals surface area (Å²) in [4.78, 5) is 9.16. The van der Waals surface area contributed by atoms with Crippen molar-refractivity contribution in [3.63, 3.8) is 0 Å². The van der Waals surface area contributed by atoms with Crippen LogP contribution in [0.1, 0.15) is 11.1 Å². The number of benzene rings is 2. The fraction of sp³-hybridized carbons (Fsp3) is 0.320. The summed E-state index contributed by atoms with van der Waals surface area (Å²) in [5, 5.41) is 3.44. The van der Waals surface area contributed by atoms with Gasteiger partial charge in [-0.25, -0.2) is 4.39 Å². The fourth-order valence-electron chi connectivity index (χ4n) is 4.32. The maximum absolute atomic E-state index is 14.5. The van der Waals surface area contributed by atoms with E-state index in [0.717, 1.165) is 37.6 Å². The third kappa shape index (κ3) is 4.49. The van der Waals surface area contributed by atoms with Crippen LogP contribution in [0.2, 0.25) is 0 Å². The number of hydrogen-bond acceptors (Lipinski definition) is 5. The highest BCUT2D eigenvalue weighted by Crippen LogP contribution is 2.35. The Morgan fingerprint density at radius 2 is 1.68 bits per heavy atom. The van der Waals surface area contributed by atoms with Crippen molar-refractivity contribution < 1.29 is 9.13 Å². The maximum atomic E-state index is 14.5. The third-order valence-electron chi connectivity index (χ3n) is 5.82. The minimum atomic E-state index is -0.332. The molecular weight excluding hydrogens is 391 g/mol. The molecular formula is C25H29FN4O. The van der Waals surface area contributed by atoms with Crippen molar-refractivity contribution in [1.29, 1.82) is 0 Å². The molecule has 0 spiro atoms. The molecule has 3 aromatic rings. The van der Waals surface area contributed by atoms with E-state index in [1.165, 1.54) is 22.9 Å². The van der Waals surface area contributed by atoms with E-state index in [9.17, 15) is 4.39 Å². The number of rotatable bonds is 5. The molecule has 0 aliphatic carbocycles. The first kappa shape index (κ1) is 21.1. The standard InChI is InChI=1S/C25H29FN4O/c1-17-12-20(13-18(2)25(17)30-10-8-29(3)9-11-30)28-21-14-19(15-27-16-21)24-22(26)6-5-7-23(24)31-4/h5-7,12-16,28H,8-11H2,1-4H3. The van der Waals surface area contributed by atoms with Gasteiger partial charge in [-0.05, 0) is 62.4 Å². The quantitative estimate of drug-likeness (QED) is 0.628. The van der Waals surface area contributed by atoms with E-state index in [1.54, 1.807) is 31.6 Å². The number of halogens is 1. The molecule has 0 amide bonds. The van der Waals surface area contributed by atoms with Crippen molar-refractivity contribution in [2.45, 2.75) is 13.8 Å². The van der Waals surface area contributed by atoms with Gasteiger partial charge in [0, 0.05) is 49.3 Å². The minimum Gasteiger partial charge on any atom is -0.496 e. The average molecular weight is 421 g/mol. The summed E-state index contributed by atoms with van der Waals surface area (Å²) in [6.45, 7) is 8.56. The Hall–Kier alpha value is -3.12. The summed E-state index contributed by atoms with van der Waals surface area (Å²) in [6.07, 6.45) is 3.40. The van der Waals surface area contributed by atoms with Crippen molar-refractivity contribution in [2.75, 3.05) is 50.6 Å². The van der Waals surface area contributed by atoms with Crippen LogP contribution in [0.4, 0.5) is 21.5 Å². The van der Waals surface area contributed by atoms with Gasteiger partial charge in [-0.2, -0.15) is 0 Å². The Kier molecular flexibility index (Phi) is 6.09. The first-order valence-corrected chi connectivity index (χ1v) is 10.6. The van der Waals surface area contributed by atoms with Crippen molar-refractivity contribution in [2.24, 2.45) is 0 Å². The lowest BCUT2D eigenvalue weighted by molar-refractivity contribution is 0.312. The normalized spacial score (nSPS) is 14.5. The van der Waals surface area contributed by atoms with Crippen molar-refractivity contribution in [1.82, 2.24) is 9.88 Å². The number of aromatic nitrogens is 1. The molecule has 1 aliphatic rings. The fourth-order valence-corrected chi connectivity index (χ4v) is 4.32. The lowest BCUT2D eigenvalue weighted by Crippen LogP contribution is -2.45.